The van der Waals surface area contributed by atoms with Crippen LogP contribution in [0.5, 0.6) is 0 Å². The van der Waals surface area contributed by atoms with Crippen LogP contribution in [0.25, 0.3) is 21.9 Å². The Kier molecular flexibility index (Phi) is 7.03. The summed E-state index contributed by atoms with van der Waals surface area (Å²) in [7, 11) is 0. The highest BCUT2D eigenvalue weighted by Gasteiger charge is 2.30. The van der Waals surface area contributed by atoms with Gasteiger partial charge in [-0.25, -0.2) is 14.5 Å². The fourth-order valence-corrected chi connectivity index (χ4v) is 4.87. The maximum Gasteiger partial charge on any atom is 0.209 e. The van der Waals surface area contributed by atoms with Crippen molar-refractivity contribution in [3.8, 4) is 24.3 Å². The molecule has 1 fully saturated rings. The highest BCUT2D eigenvalue weighted by Crippen LogP contribution is 2.32. The maximum absolute atomic E-state index is 10.9. The van der Waals surface area contributed by atoms with Gasteiger partial charge in [0.05, 0.1) is 6.04 Å². The average Bonchev–Trinajstić information content (AvgIpc) is 3.25. The molecule has 0 bridgehead atoms. The van der Waals surface area contributed by atoms with Gasteiger partial charge < -0.3 is 10.4 Å². The van der Waals surface area contributed by atoms with Crippen molar-refractivity contribution in [3.05, 3.63) is 60.2 Å². The molecule has 0 spiro atoms. The van der Waals surface area contributed by atoms with Crippen LogP contribution in [-0.2, 0) is 0 Å². The minimum Gasteiger partial charge on any atom is -0.378 e. The quantitative estimate of drug-likeness (QED) is 0.401. The molecule has 35 heavy (non-hydrogen) atoms. The van der Waals surface area contributed by atoms with Crippen molar-refractivity contribution in [1.82, 2.24) is 19.5 Å². The van der Waals surface area contributed by atoms with Gasteiger partial charge in [0.1, 0.15) is 11.9 Å². The molecular weight excluding hydrogens is 454 g/mol. The summed E-state index contributed by atoms with van der Waals surface area (Å²) >= 11 is 0. The largest absolute Gasteiger partial charge is 0.378 e. The first-order valence-electron chi connectivity index (χ1n) is 11.7. The minimum atomic E-state index is -1.01. The van der Waals surface area contributed by atoms with Crippen LogP contribution in [0, 0.1) is 30.2 Å². The first-order chi connectivity index (χ1) is 16.5. The summed E-state index contributed by atoms with van der Waals surface area (Å²) in [6.07, 6.45) is 10.6. The van der Waals surface area contributed by atoms with E-state index in [4.69, 9.17) is 6.42 Å². The van der Waals surface area contributed by atoms with E-state index in [1.807, 2.05) is 12.1 Å². The number of rotatable bonds is 3. The number of fused-ring (bicyclic) bond motifs is 2. The number of aromatic nitrogens is 4. The number of nitrogens with one attached hydrogen (secondary N) is 1. The molecule has 3 atom stereocenters. The number of hydrogen-bond donors (Lipinski definition) is 2. The van der Waals surface area contributed by atoms with Crippen LogP contribution in [0.15, 0.2) is 48.8 Å². The highest BCUT2D eigenvalue weighted by molar-refractivity contribution is 7.59. The fourth-order valence-electron chi connectivity index (χ4n) is 4.87. The molecule has 1 aliphatic carbocycles. The molecule has 178 valence electrons. The molecule has 0 unspecified atom stereocenters. The number of anilines is 1. The zero-order valence-corrected chi connectivity index (χ0v) is 20.9. The smallest absolute Gasteiger partial charge is 0.209 e. The Morgan fingerprint density at radius 3 is 2.80 bits per heavy atom. The Morgan fingerprint density at radius 2 is 2.00 bits per heavy atom. The van der Waals surface area contributed by atoms with E-state index in [1.54, 1.807) is 6.33 Å². The van der Waals surface area contributed by atoms with Crippen molar-refractivity contribution in [2.75, 3.05) is 5.32 Å². The van der Waals surface area contributed by atoms with Crippen molar-refractivity contribution in [2.24, 2.45) is 5.92 Å². The molecule has 2 N–H and O–H groups in total. The lowest BCUT2D eigenvalue weighted by atomic mass is 9.79. The summed E-state index contributed by atoms with van der Waals surface area (Å²) in [5, 5.41) is 16.8. The summed E-state index contributed by atoms with van der Waals surface area (Å²) in [6, 6.07) is 17.1. The van der Waals surface area contributed by atoms with Gasteiger partial charge in [0.25, 0.3) is 0 Å². The monoisotopic (exact) mass is 483 g/mol. The molecule has 5 rings (SSSR count). The van der Waals surface area contributed by atoms with Gasteiger partial charge in [-0.1, -0.05) is 68.2 Å². The summed E-state index contributed by atoms with van der Waals surface area (Å²) < 4.78 is 1.52. The molecule has 1 saturated carbocycles. The first-order valence-corrected chi connectivity index (χ1v) is 11.7. The zero-order valence-electron chi connectivity index (χ0n) is 19.9. The lowest BCUT2D eigenvalue weighted by Gasteiger charge is -2.30. The standard InChI is InChI=1S/C28H27N5O.H2S/c1-4-33-18-29-25-26(30-20(3)22-13-7-11-21-10-5-6-12-23(21)22)31-24(32-27(25)33)14-16-28(34)15-8-9-19(2)17-28;/h1,5-7,10-13,18-20,34H,8-9,15,17H2,2-3H3,(H,30,31,32);1H2/t19-,20+,28-;/m1./s1. The molecule has 0 radical (unpaired) electrons. The van der Waals surface area contributed by atoms with Gasteiger partial charge in [0, 0.05) is 6.04 Å². The normalized spacial score (nSPS) is 20.3. The number of imidazole rings is 1. The Hall–Kier alpha value is -3.52. The van der Waals surface area contributed by atoms with Crippen LogP contribution in [0.1, 0.15) is 57.0 Å². The molecule has 2 heterocycles. The molecular formula is C28H29N5OS. The second kappa shape index (κ2) is 10.00. The van der Waals surface area contributed by atoms with Crippen molar-refractivity contribution in [2.45, 2.75) is 51.2 Å². The van der Waals surface area contributed by atoms with Gasteiger partial charge in [-0.15, -0.1) is 0 Å². The zero-order chi connectivity index (χ0) is 23.7. The van der Waals surface area contributed by atoms with E-state index < -0.39 is 5.60 Å². The summed E-state index contributed by atoms with van der Waals surface area (Å²) in [5.74, 6) is 7.38. The molecule has 6 nitrogen and oxygen atoms in total. The lowest BCUT2D eigenvalue weighted by Crippen LogP contribution is -2.32. The van der Waals surface area contributed by atoms with Crippen molar-refractivity contribution < 1.29 is 5.11 Å². The third-order valence-electron chi connectivity index (χ3n) is 6.56. The molecule has 2 aromatic carbocycles. The average molecular weight is 484 g/mol. The van der Waals surface area contributed by atoms with Crippen LogP contribution in [0.3, 0.4) is 0 Å². The van der Waals surface area contributed by atoms with Crippen LogP contribution in [0.2, 0.25) is 0 Å². The van der Waals surface area contributed by atoms with E-state index in [0.29, 0.717) is 41.6 Å². The molecule has 7 heteroatoms. The van der Waals surface area contributed by atoms with Crippen molar-refractivity contribution >= 4 is 41.2 Å². The topological polar surface area (TPSA) is 75.9 Å². The van der Waals surface area contributed by atoms with Gasteiger partial charge in [-0.3, -0.25) is 0 Å². The SMILES string of the molecule is C#Cn1cnc2c(N[C@@H](C)c3cccc4ccccc34)nc(C#C[C@]3(O)CCC[C@@H](C)C3)nc21.S. The van der Waals surface area contributed by atoms with E-state index in [9.17, 15) is 5.11 Å². The van der Waals surface area contributed by atoms with E-state index in [1.165, 1.54) is 15.3 Å². The predicted octanol–water partition coefficient (Wildman–Crippen LogP) is 5.00. The number of aliphatic hydroxyl groups is 1. The third kappa shape index (κ3) is 4.98. The molecule has 0 amide bonds. The third-order valence-corrected chi connectivity index (χ3v) is 6.56. The number of benzene rings is 2. The van der Waals surface area contributed by atoms with E-state index >= 15 is 0 Å². The van der Waals surface area contributed by atoms with Gasteiger partial charge in [-0.2, -0.15) is 18.5 Å². The summed E-state index contributed by atoms with van der Waals surface area (Å²) in [6.45, 7) is 4.24. The Labute approximate surface area is 212 Å². The van der Waals surface area contributed by atoms with E-state index in [2.05, 4.69) is 82.3 Å². The van der Waals surface area contributed by atoms with Gasteiger partial charge in [-0.05, 0) is 54.4 Å². The maximum atomic E-state index is 10.9. The van der Waals surface area contributed by atoms with Crippen LogP contribution >= 0.6 is 13.5 Å². The van der Waals surface area contributed by atoms with Crippen molar-refractivity contribution in [1.29, 1.82) is 0 Å². The second-order valence-corrected chi connectivity index (χ2v) is 9.23. The summed E-state index contributed by atoms with van der Waals surface area (Å²) in [5.41, 5.74) is 1.24. The van der Waals surface area contributed by atoms with Crippen LogP contribution < -0.4 is 5.32 Å². The molecule has 0 saturated heterocycles. The number of hydrogen-bond acceptors (Lipinski definition) is 5. The molecule has 1 aliphatic rings. The summed E-state index contributed by atoms with van der Waals surface area (Å²) in [4.78, 5) is 13.7. The Balaban J connectivity index is 0.00000289. The molecule has 2 aromatic heterocycles. The fraction of sp³-hybridized carbons (Fsp3) is 0.321. The van der Waals surface area contributed by atoms with Gasteiger partial charge in [0.2, 0.25) is 5.82 Å². The van der Waals surface area contributed by atoms with Crippen molar-refractivity contribution in [3.63, 3.8) is 0 Å². The second-order valence-electron chi connectivity index (χ2n) is 9.23. The Morgan fingerprint density at radius 1 is 1.20 bits per heavy atom. The van der Waals surface area contributed by atoms with E-state index in [-0.39, 0.29) is 19.5 Å². The van der Waals surface area contributed by atoms with E-state index in [0.717, 1.165) is 18.4 Å². The van der Waals surface area contributed by atoms with Crippen LogP contribution in [-0.4, -0.2) is 30.2 Å². The Bertz CT molecular complexity index is 1470. The van der Waals surface area contributed by atoms with Crippen LogP contribution in [0.4, 0.5) is 5.82 Å². The minimum absolute atomic E-state index is 0. The lowest BCUT2D eigenvalue weighted by molar-refractivity contribution is 0.0410. The predicted molar refractivity (Wildman–Crippen MR) is 145 cm³/mol. The number of nitrogens with zero attached hydrogens (tertiary/aromatic N) is 4. The van der Waals surface area contributed by atoms with Gasteiger partial charge >= 0.3 is 0 Å². The first kappa shape index (κ1) is 24.6. The van der Waals surface area contributed by atoms with Gasteiger partial charge in [0.15, 0.2) is 17.0 Å². The molecule has 4 aromatic rings. The molecule has 0 aliphatic heterocycles. The number of terminal acetylenes is 1. The highest BCUT2D eigenvalue weighted by atomic mass is 32.1.